The van der Waals surface area contributed by atoms with E-state index in [1.165, 1.54) is 96.3 Å². The number of hydrogen-bond donors (Lipinski definition) is 1. The Morgan fingerprint density at radius 1 is 0.316 bits per heavy atom. The number of unbranched alkanes of at least 4 members (excludes halogenated alkanes) is 23. The van der Waals surface area contributed by atoms with Crippen molar-refractivity contribution in [3.05, 3.63) is 182 Å². The van der Waals surface area contributed by atoms with Crippen LogP contribution in [0.25, 0.3) is 0 Å². The largest absolute Gasteiger partial charge is 0.477 e. The van der Waals surface area contributed by atoms with Crippen LogP contribution in [0.2, 0.25) is 0 Å². The molecule has 0 aromatic heterocycles. The first kappa shape index (κ1) is 89.4. The topological polar surface area (TPSA) is 108 Å². The molecule has 0 bridgehead atoms. The Morgan fingerprint density at radius 3 is 0.842 bits per heavy atom. The first-order valence-corrected chi connectivity index (χ1v) is 37.9. The van der Waals surface area contributed by atoms with Crippen LogP contribution >= 0.6 is 0 Å². The molecule has 0 saturated heterocycles. The van der Waals surface area contributed by atoms with Gasteiger partial charge in [0.2, 0.25) is 0 Å². The van der Waals surface area contributed by atoms with Gasteiger partial charge in [0.25, 0.3) is 6.29 Å². The standard InChI is InChI=1S/C86H139NO8/c1-6-8-10-12-14-16-18-20-22-24-26-28-30-32-34-36-38-39-40-41-42-43-44-45-47-48-50-52-54-56-58-60-62-64-66-68-70-72-74-76-83(88)93-80-82(81-94-86(85(90)91)92-79-78-87(3,4)5)95-84(89)77-75-73-71-69-67-65-63-61-59-57-55-53-51-49-46-37-35-33-31-29-27-25-23-21-19-17-15-13-11-9-7-2/h8-11,14-17,20-23,26-29,32-35,38-39,41-42,46,49,53,55,59,61,82,86H,6-7,12-13,18-19,24-25,30-31,36-37,40,43-45,47-48,50-52,54,56-58,60,62-81H2,1-5H3/p+1/b10-8-,11-9-,16-14-,17-15-,22-20-,23-21-,28-26-,29-27-,34-32-,35-33-,39-38-,42-41-,49-46-,55-53-,61-59-. The minimum absolute atomic E-state index is 0.176. The number of carboxylic acid groups (broad SMARTS) is 1. The summed E-state index contributed by atoms with van der Waals surface area (Å²) in [6, 6.07) is 0. The molecule has 0 radical (unpaired) electrons. The number of carbonyl (C=O) groups excluding carboxylic acids is 2. The summed E-state index contributed by atoms with van der Waals surface area (Å²) in [5, 5.41) is 9.76. The van der Waals surface area contributed by atoms with E-state index >= 15 is 0 Å². The van der Waals surface area contributed by atoms with Gasteiger partial charge in [-0.15, -0.1) is 0 Å². The van der Waals surface area contributed by atoms with Crippen LogP contribution in [0.3, 0.4) is 0 Å². The number of esters is 2. The zero-order chi connectivity index (χ0) is 69.0. The van der Waals surface area contributed by atoms with Crippen molar-refractivity contribution in [2.75, 3.05) is 47.5 Å². The van der Waals surface area contributed by atoms with E-state index in [4.69, 9.17) is 18.9 Å². The molecule has 2 atom stereocenters. The number of carbonyl (C=O) groups is 3. The van der Waals surface area contributed by atoms with E-state index < -0.39 is 24.3 Å². The van der Waals surface area contributed by atoms with Crippen LogP contribution in [-0.2, 0) is 33.3 Å². The molecule has 1 N–H and O–H groups in total. The Morgan fingerprint density at radius 2 is 0.568 bits per heavy atom. The molecule has 2 unspecified atom stereocenters. The highest BCUT2D eigenvalue weighted by Crippen LogP contribution is 2.17. The number of quaternary nitrogens is 1. The number of ether oxygens (including phenoxy) is 4. The molecule has 0 heterocycles. The Kier molecular flexibility index (Phi) is 69.8. The summed E-state index contributed by atoms with van der Waals surface area (Å²) in [6.45, 7) is 4.63. The number of hydrogen-bond acceptors (Lipinski definition) is 7. The normalized spacial score (nSPS) is 13.7. The molecule has 536 valence electrons. The third-order valence-corrected chi connectivity index (χ3v) is 15.7. The minimum Gasteiger partial charge on any atom is -0.477 e. The average Bonchev–Trinajstić information content (AvgIpc) is 3.24. The number of rotatable bonds is 68. The van der Waals surface area contributed by atoms with Gasteiger partial charge in [0, 0.05) is 12.8 Å². The highest BCUT2D eigenvalue weighted by molar-refractivity contribution is 5.71. The van der Waals surface area contributed by atoms with E-state index in [1.807, 2.05) is 21.1 Å². The Bertz CT molecular complexity index is 2220. The van der Waals surface area contributed by atoms with Crippen LogP contribution < -0.4 is 0 Å². The first-order valence-electron chi connectivity index (χ1n) is 37.9. The monoisotopic (exact) mass is 1320 g/mol. The Balaban J connectivity index is 4.13. The molecule has 0 saturated carbocycles. The molecule has 0 spiro atoms. The van der Waals surface area contributed by atoms with Crippen molar-refractivity contribution in [3.63, 3.8) is 0 Å². The number of carboxylic acids is 1. The quantitative estimate of drug-likeness (QED) is 0.0211. The maximum Gasteiger partial charge on any atom is 0.361 e. The van der Waals surface area contributed by atoms with E-state index in [-0.39, 0.29) is 38.6 Å². The molecule has 0 aliphatic heterocycles. The van der Waals surface area contributed by atoms with E-state index in [0.717, 1.165) is 154 Å². The summed E-state index contributed by atoms with van der Waals surface area (Å²) in [6.07, 6.45) is 110. The predicted molar refractivity (Wildman–Crippen MR) is 409 cm³/mol. The summed E-state index contributed by atoms with van der Waals surface area (Å²) >= 11 is 0. The lowest BCUT2D eigenvalue weighted by Gasteiger charge is -2.25. The summed E-state index contributed by atoms with van der Waals surface area (Å²) in [5.74, 6) is -2.03. The van der Waals surface area contributed by atoms with Crippen molar-refractivity contribution in [1.82, 2.24) is 0 Å². The number of likely N-dealkylation sites (N-methyl/N-ethyl adjacent to an activating group) is 1. The van der Waals surface area contributed by atoms with E-state index in [1.54, 1.807) is 0 Å². The van der Waals surface area contributed by atoms with Crippen molar-refractivity contribution >= 4 is 17.9 Å². The number of aliphatic carboxylic acids is 1. The average molecular weight is 1320 g/mol. The van der Waals surface area contributed by atoms with Crippen molar-refractivity contribution in [2.24, 2.45) is 0 Å². The zero-order valence-electron chi connectivity index (χ0n) is 61.3. The highest BCUT2D eigenvalue weighted by atomic mass is 16.7. The van der Waals surface area contributed by atoms with Crippen LogP contribution in [0, 0.1) is 0 Å². The van der Waals surface area contributed by atoms with Crippen molar-refractivity contribution in [3.8, 4) is 0 Å². The smallest absolute Gasteiger partial charge is 0.361 e. The fraction of sp³-hybridized carbons (Fsp3) is 0.616. The van der Waals surface area contributed by atoms with Crippen molar-refractivity contribution < 1.29 is 42.9 Å². The van der Waals surface area contributed by atoms with Gasteiger partial charge in [-0.25, -0.2) is 4.79 Å². The molecular formula is C86H140NO8+. The summed E-state index contributed by atoms with van der Waals surface area (Å²) < 4.78 is 23.0. The van der Waals surface area contributed by atoms with Crippen LogP contribution in [0.5, 0.6) is 0 Å². The van der Waals surface area contributed by atoms with E-state index in [0.29, 0.717) is 17.4 Å². The maximum atomic E-state index is 13.0. The number of nitrogens with zero attached hydrogens (tertiary/aromatic N) is 1. The third-order valence-electron chi connectivity index (χ3n) is 15.7. The maximum absolute atomic E-state index is 13.0. The van der Waals surface area contributed by atoms with Crippen LogP contribution in [0.4, 0.5) is 0 Å². The molecule has 95 heavy (non-hydrogen) atoms. The van der Waals surface area contributed by atoms with Gasteiger partial charge >= 0.3 is 17.9 Å². The lowest BCUT2D eigenvalue weighted by atomic mass is 10.0. The Hall–Kier alpha value is -5.61. The Labute approximate surface area is 583 Å². The number of allylic oxidation sites excluding steroid dienone is 30. The molecule has 0 rings (SSSR count). The first-order chi connectivity index (χ1) is 46.6. The third kappa shape index (κ3) is 75.6. The van der Waals surface area contributed by atoms with Gasteiger partial charge in [0.1, 0.15) is 13.2 Å². The van der Waals surface area contributed by atoms with Gasteiger partial charge in [-0.05, 0) is 135 Å². The molecule has 0 amide bonds. The summed E-state index contributed by atoms with van der Waals surface area (Å²) in [4.78, 5) is 37.7. The van der Waals surface area contributed by atoms with Crippen LogP contribution in [0.15, 0.2) is 182 Å². The second-order valence-corrected chi connectivity index (χ2v) is 25.8. The van der Waals surface area contributed by atoms with Gasteiger partial charge in [0.15, 0.2) is 6.10 Å². The van der Waals surface area contributed by atoms with Crippen LogP contribution in [0.1, 0.15) is 284 Å². The van der Waals surface area contributed by atoms with Crippen molar-refractivity contribution in [2.45, 2.75) is 296 Å². The van der Waals surface area contributed by atoms with Gasteiger partial charge in [-0.3, -0.25) is 9.59 Å². The van der Waals surface area contributed by atoms with Gasteiger partial charge in [-0.2, -0.15) is 0 Å². The van der Waals surface area contributed by atoms with E-state index in [2.05, 4.69) is 196 Å². The fourth-order valence-corrected chi connectivity index (χ4v) is 9.95. The molecular weight excluding hydrogens is 1170 g/mol. The van der Waals surface area contributed by atoms with Gasteiger partial charge < -0.3 is 28.5 Å². The summed E-state index contributed by atoms with van der Waals surface area (Å²) in [5.41, 5.74) is 0. The molecule has 9 heteroatoms. The fourth-order valence-electron chi connectivity index (χ4n) is 9.95. The van der Waals surface area contributed by atoms with Crippen molar-refractivity contribution in [1.29, 1.82) is 0 Å². The molecule has 9 nitrogen and oxygen atoms in total. The minimum atomic E-state index is -1.53. The van der Waals surface area contributed by atoms with E-state index in [9.17, 15) is 19.5 Å². The molecule has 0 aliphatic rings. The highest BCUT2D eigenvalue weighted by Gasteiger charge is 2.25. The molecule has 0 aromatic carbocycles. The van der Waals surface area contributed by atoms with Gasteiger partial charge in [-0.1, -0.05) is 318 Å². The predicted octanol–water partition coefficient (Wildman–Crippen LogP) is 24.4. The summed E-state index contributed by atoms with van der Waals surface area (Å²) in [7, 11) is 5.97. The molecule has 0 aromatic rings. The zero-order valence-corrected chi connectivity index (χ0v) is 61.3. The lowest BCUT2D eigenvalue weighted by molar-refractivity contribution is -0.870. The van der Waals surface area contributed by atoms with Gasteiger partial charge in [0.05, 0.1) is 34.4 Å². The molecule has 0 fully saturated rings. The molecule has 0 aliphatic carbocycles. The lowest BCUT2D eigenvalue weighted by Crippen LogP contribution is -2.40. The van der Waals surface area contributed by atoms with Crippen LogP contribution in [-0.4, -0.2) is 87.4 Å². The second-order valence-electron chi connectivity index (χ2n) is 25.8. The SMILES string of the molecule is CC/C=C\C/C=C\C/C=C\C/C=C\C/C=C\C/C=C\C/C=C\C/C=C\CCCCCCCCC(=O)OC(COC(=O)CCCCCCCCCCCCCCCCCCC/C=C\C/C=C\C/C=C\C/C=C\C/C=C\C/C=C\C/C=C\CC)COC(OCC[N+](C)(C)C)C(=O)O. The second kappa shape index (κ2) is 74.2.